The molecule has 1 aromatic carbocycles. The van der Waals surface area contributed by atoms with Gasteiger partial charge >= 0.3 is 0 Å². The molecule has 0 aliphatic heterocycles. The molecule has 0 amide bonds. The number of hydrogen-bond donors (Lipinski definition) is 1. The van der Waals surface area contributed by atoms with E-state index < -0.39 is 10.0 Å². The molecule has 9 heteroatoms. The SMILES string of the molecule is COCCOCCS(=O)(=O)NCCc1cc(-c2ccc(Cl)cc2)on1. The fourth-order valence-corrected chi connectivity index (χ4v) is 3.02. The molecule has 2 rings (SSSR count). The van der Waals surface area contributed by atoms with Crippen LogP contribution in [-0.2, 0) is 25.9 Å². The Kier molecular flexibility index (Phi) is 7.86. The maximum Gasteiger partial charge on any atom is 0.213 e. The monoisotopic (exact) mass is 388 g/mol. The quantitative estimate of drug-likeness (QED) is 0.593. The van der Waals surface area contributed by atoms with Gasteiger partial charge in [0.1, 0.15) is 0 Å². The van der Waals surface area contributed by atoms with Gasteiger partial charge in [-0.15, -0.1) is 0 Å². The Labute approximate surface area is 152 Å². The van der Waals surface area contributed by atoms with E-state index in [1.54, 1.807) is 25.3 Å². The second kappa shape index (κ2) is 9.88. The fourth-order valence-electron chi connectivity index (χ4n) is 2.00. The molecule has 0 spiro atoms. The van der Waals surface area contributed by atoms with Crippen LogP contribution in [0.4, 0.5) is 0 Å². The molecule has 0 aliphatic carbocycles. The van der Waals surface area contributed by atoms with Gasteiger partial charge in [0.25, 0.3) is 0 Å². The summed E-state index contributed by atoms with van der Waals surface area (Å²) in [5.74, 6) is 0.520. The van der Waals surface area contributed by atoms with Crippen LogP contribution >= 0.6 is 11.6 Å². The van der Waals surface area contributed by atoms with Crippen molar-refractivity contribution in [1.29, 1.82) is 0 Å². The summed E-state index contributed by atoms with van der Waals surface area (Å²) in [6, 6.07) is 8.98. The Balaban J connectivity index is 1.75. The highest BCUT2D eigenvalue weighted by molar-refractivity contribution is 7.89. The highest BCUT2D eigenvalue weighted by Gasteiger charge is 2.11. The molecule has 0 saturated carbocycles. The molecule has 0 saturated heterocycles. The first-order chi connectivity index (χ1) is 12.0. The Bertz CT molecular complexity index is 746. The van der Waals surface area contributed by atoms with Crippen molar-refractivity contribution in [3.63, 3.8) is 0 Å². The van der Waals surface area contributed by atoms with Crippen LogP contribution in [0.2, 0.25) is 5.02 Å². The minimum Gasteiger partial charge on any atom is -0.382 e. The zero-order valence-electron chi connectivity index (χ0n) is 13.9. The average Bonchev–Trinajstić information content (AvgIpc) is 3.04. The standard InChI is InChI=1S/C16H21ClN2O5S/c1-22-8-9-23-10-11-25(20,21)18-7-6-15-12-16(24-19-15)13-2-4-14(17)5-3-13/h2-5,12,18H,6-11H2,1H3. The van der Waals surface area contributed by atoms with E-state index in [4.69, 9.17) is 25.6 Å². The third-order valence-electron chi connectivity index (χ3n) is 3.32. The first-order valence-corrected chi connectivity index (χ1v) is 9.79. The van der Waals surface area contributed by atoms with Crippen molar-refractivity contribution in [2.75, 3.05) is 39.2 Å². The van der Waals surface area contributed by atoms with Gasteiger partial charge in [-0.25, -0.2) is 13.1 Å². The highest BCUT2D eigenvalue weighted by Crippen LogP contribution is 2.22. The van der Waals surface area contributed by atoms with Gasteiger partial charge in [0.05, 0.1) is 31.3 Å². The minimum atomic E-state index is -3.38. The lowest BCUT2D eigenvalue weighted by Crippen LogP contribution is -2.30. The second-order valence-corrected chi connectivity index (χ2v) is 7.62. The summed E-state index contributed by atoms with van der Waals surface area (Å²) < 4.78 is 41.4. The molecule has 0 atom stereocenters. The van der Waals surface area contributed by atoms with Gasteiger partial charge in [-0.05, 0) is 24.3 Å². The van der Waals surface area contributed by atoms with E-state index in [0.29, 0.717) is 36.1 Å². The van der Waals surface area contributed by atoms with Crippen molar-refractivity contribution in [2.45, 2.75) is 6.42 Å². The molecule has 0 unspecified atom stereocenters. The Morgan fingerprint density at radius 2 is 1.96 bits per heavy atom. The van der Waals surface area contributed by atoms with Crippen LogP contribution in [0.15, 0.2) is 34.9 Å². The van der Waals surface area contributed by atoms with E-state index in [1.807, 2.05) is 12.1 Å². The second-order valence-electron chi connectivity index (χ2n) is 5.26. The summed E-state index contributed by atoms with van der Waals surface area (Å²) >= 11 is 5.85. The number of methoxy groups -OCH3 is 1. The van der Waals surface area contributed by atoms with E-state index in [-0.39, 0.29) is 18.9 Å². The van der Waals surface area contributed by atoms with Crippen molar-refractivity contribution < 1.29 is 22.4 Å². The van der Waals surface area contributed by atoms with Crippen molar-refractivity contribution in [2.24, 2.45) is 0 Å². The molecule has 0 radical (unpaired) electrons. The first kappa shape index (κ1) is 19.9. The van der Waals surface area contributed by atoms with Gasteiger partial charge in [-0.3, -0.25) is 0 Å². The van der Waals surface area contributed by atoms with Crippen molar-refractivity contribution in [1.82, 2.24) is 9.88 Å². The Hall–Kier alpha value is -1.45. The van der Waals surface area contributed by atoms with Gasteiger partial charge in [0.15, 0.2) is 5.76 Å². The molecule has 1 N–H and O–H groups in total. The van der Waals surface area contributed by atoms with Gasteiger partial charge in [-0.2, -0.15) is 0 Å². The number of nitrogens with zero attached hydrogens (tertiary/aromatic N) is 1. The lowest BCUT2D eigenvalue weighted by molar-refractivity contribution is 0.0784. The normalized spacial score (nSPS) is 11.8. The number of rotatable bonds is 11. The molecule has 25 heavy (non-hydrogen) atoms. The number of ether oxygens (including phenoxy) is 2. The molecule has 0 fully saturated rings. The predicted molar refractivity (Wildman–Crippen MR) is 95.1 cm³/mol. The predicted octanol–water partition coefficient (Wildman–Crippen LogP) is 2.12. The molecule has 7 nitrogen and oxygen atoms in total. The van der Waals surface area contributed by atoms with Crippen LogP contribution in [0.3, 0.4) is 0 Å². The van der Waals surface area contributed by atoms with Gasteiger partial charge < -0.3 is 14.0 Å². The Morgan fingerprint density at radius 1 is 1.20 bits per heavy atom. The van der Waals surface area contributed by atoms with E-state index in [9.17, 15) is 8.42 Å². The van der Waals surface area contributed by atoms with Gasteiger partial charge in [-0.1, -0.05) is 16.8 Å². The number of nitrogens with one attached hydrogen (secondary N) is 1. The van der Waals surface area contributed by atoms with Gasteiger partial charge in [0.2, 0.25) is 10.0 Å². The van der Waals surface area contributed by atoms with E-state index in [0.717, 1.165) is 5.56 Å². The summed E-state index contributed by atoms with van der Waals surface area (Å²) in [7, 11) is -1.82. The van der Waals surface area contributed by atoms with Crippen LogP contribution in [-0.4, -0.2) is 52.8 Å². The van der Waals surface area contributed by atoms with Crippen LogP contribution in [0.25, 0.3) is 11.3 Å². The van der Waals surface area contributed by atoms with Crippen molar-refractivity contribution in [3.8, 4) is 11.3 Å². The van der Waals surface area contributed by atoms with Crippen LogP contribution in [0, 0.1) is 0 Å². The number of sulfonamides is 1. The van der Waals surface area contributed by atoms with E-state index >= 15 is 0 Å². The molecule has 138 valence electrons. The number of aromatic nitrogens is 1. The third-order valence-corrected chi connectivity index (χ3v) is 4.92. The molecule has 1 aromatic heterocycles. The molecular formula is C16H21ClN2O5S. The smallest absolute Gasteiger partial charge is 0.213 e. The lowest BCUT2D eigenvalue weighted by Gasteiger charge is -2.06. The molecule has 1 heterocycles. The topological polar surface area (TPSA) is 90.7 Å². The molecule has 0 aliphatic rings. The zero-order chi connectivity index (χ0) is 18.1. The summed E-state index contributed by atoms with van der Waals surface area (Å²) in [6.45, 7) is 1.18. The Morgan fingerprint density at radius 3 is 2.68 bits per heavy atom. The minimum absolute atomic E-state index is 0.0917. The fraction of sp³-hybridized carbons (Fsp3) is 0.438. The molecule has 0 bridgehead atoms. The van der Waals surface area contributed by atoms with Crippen molar-refractivity contribution >= 4 is 21.6 Å². The average molecular weight is 389 g/mol. The molecular weight excluding hydrogens is 368 g/mol. The summed E-state index contributed by atoms with van der Waals surface area (Å²) in [4.78, 5) is 0. The largest absolute Gasteiger partial charge is 0.382 e. The van der Waals surface area contributed by atoms with E-state index in [1.165, 1.54) is 0 Å². The summed E-state index contributed by atoms with van der Waals surface area (Å²) in [5.41, 5.74) is 1.53. The summed E-state index contributed by atoms with van der Waals surface area (Å²) in [6.07, 6.45) is 0.431. The number of hydrogen-bond acceptors (Lipinski definition) is 6. The van der Waals surface area contributed by atoms with E-state index in [2.05, 4.69) is 9.88 Å². The maximum absolute atomic E-state index is 11.8. The maximum atomic E-state index is 11.8. The van der Waals surface area contributed by atoms with Crippen LogP contribution < -0.4 is 4.72 Å². The van der Waals surface area contributed by atoms with Gasteiger partial charge in [0, 0.05) is 36.7 Å². The van der Waals surface area contributed by atoms with Crippen molar-refractivity contribution in [3.05, 3.63) is 41.0 Å². The molecule has 2 aromatic rings. The lowest BCUT2D eigenvalue weighted by atomic mass is 10.1. The number of halogens is 1. The first-order valence-electron chi connectivity index (χ1n) is 7.76. The van der Waals surface area contributed by atoms with Crippen LogP contribution in [0.5, 0.6) is 0 Å². The highest BCUT2D eigenvalue weighted by atomic mass is 35.5. The number of benzene rings is 1. The van der Waals surface area contributed by atoms with Crippen LogP contribution in [0.1, 0.15) is 5.69 Å². The zero-order valence-corrected chi connectivity index (χ0v) is 15.5. The summed E-state index contributed by atoms with van der Waals surface area (Å²) in [5, 5.41) is 4.59. The third kappa shape index (κ3) is 7.13.